The van der Waals surface area contributed by atoms with Crippen LogP contribution in [0.3, 0.4) is 0 Å². The summed E-state index contributed by atoms with van der Waals surface area (Å²) >= 11 is 0.993. The first-order chi connectivity index (χ1) is 8.00. The zero-order valence-electron chi connectivity index (χ0n) is 8.90. The maximum atomic E-state index is 12.9. The van der Waals surface area contributed by atoms with Gasteiger partial charge >= 0.3 is 0 Å². The van der Waals surface area contributed by atoms with E-state index in [1.807, 2.05) is 0 Å². The van der Waals surface area contributed by atoms with Gasteiger partial charge in [-0.15, -0.1) is 0 Å². The number of carbonyl (C=O) groups excluding carboxylic acids is 1. The topological polar surface area (TPSA) is 60.2 Å². The Bertz CT molecular complexity index is 519. The number of hydrogen-bond donors (Lipinski definition) is 0. The van der Waals surface area contributed by atoms with E-state index in [0.717, 1.165) is 30.0 Å². The summed E-state index contributed by atoms with van der Waals surface area (Å²) < 4.78 is 12.9. The Kier molecular flexibility index (Phi) is 4.67. The number of hydrogen-bond acceptors (Lipinski definition) is 4. The molecule has 6 heteroatoms. The van der Waals surface area contributed by atoms with Gasteiger partial charge in [-0.3, -0.25) is 14.9 Å². The van der Waals surface area contributed by atoms with Gasteiger partial charge in [0.1, 0.15) is 11.4 Å². The normalized spacial score (nSPS) is 9.29. The van der Waals surface area contributed by atoms with E-state index in [-0.39, 0.29) is 22.1 Å². The Morgan fingerprint density at radius 2 is 2.29 bits per heavy atom. The second kappa shape index (κ2) is 6.01. The summed E-state index contributed by atoms with van der Waals surface area (Å²) in [5.41, 5.74) is -0.231. The minimum atomic E-state index is -0.623. The fourth-order valence-electron chi connectivity index (χ4n) is 1.04. The predicted octanol–water partition coefficient (Wildman–Crippen LogP) is 2.37. The zero-order valence-corrected chi connectivity index (χ0v) is 9.71. The first kappa shape index (κ1) is 13.2. The monoisotopic (exact) mass is 253 g/mol. The smallest absolute Gasteiger partial charge is 0.285 e. The van der Waals surface area contributed by atoms with Crippen molar-refractivity contribution >= 4 is 22.6 Å². The summed E-state index contributed by atoms with van der Waals surface area (Å²) in [7, 11) is 0. The van der Waals surface area contributed by atoms with Crippen LogP contribution in [0.2, 0.25) is 0 Å². The van der Waals surface area contributed by atoms with Crippen LogP contribution >= 0.6 is 11.8 Å². The number of nitro benzene ring substituents is 1. The minimum Gasteiger partial charge on any atom is -0.288 e. The van der Waals surface area contributed by atoms with E-state index < -0.39 is 10.7 Å². The maximum absolute atomic E-state index is 12.9. The van der Waals surface area contributed by atoms with Crippen molar-refractivity contribution in [2.75, 3.05) is 5.75 Å². The lowest BCUT2D eigenvalue weighted by atomic mass is 10.2. The highest BCUT2D eigenvalue weighted by Crippen LogP contribution is 2.18. The van der Waals surface area contributed by atoms with Crippen molar-refractivity contribution < 1.29 is 14.1 Å². The third-order valence-electron chi connectivity index (χ3n) is 1.73. The molecule has 0 aliphatic carbocycles. The van der Waals surface area contributed by atoms with Crippen LogP contribution in [0.4, 0.5) is 10.1 Å². The van der Waals surface area contributed by atoms with Crippen molar-refractivity contribution in [2.45, 2.75) is 6.92 Å². The van der Waals surface area contributed by atoms with Gasteiger partial charge in [-0.2, -0.15) is 0 Å². The van der Waals surface area contributed by atoms with Crippen molar-refractivity contribution in [1.82, 2.24) is 0 Å². The summed E-state index contributed by atoms with van der Waals surface area (Å²) in [4.78, 5) is 20.6. The number of halogens is 1. The third-order valence-corrected chi connectivity index (χ3v) is 2.42. The lowest BCUT2D eigenvalue weighted by Crippen LogP contribution is -1.93. The molecule has 0 aliphatic rings. The van der Waals surface area contributed by atoms with Gasteiger partial charge in [0.15, 0.2) is 5.12 Å². The molecular weight excluding hydrogens is 245 g/mol. The number of nitro groups is 1. The van der Waals surface area contributed by atoms with Crippen LogP contribution in [-0.2, 0) is 4.79 Å². The molecule has 0 amide bonds. The molecule has 88 valence electrons. The van der Waals surface area contributed by atoms with E-state index in [1.165, 1.54) is 6.92 Å². The fraction of sp³-hybridized carbons (Fsp3) is 0.182. The second-order valence-electron chi connectivity index (χ2n) is 3.00. The van der Waals surface area contributed by atoms with E-state index in [2.05, 4.69) is 11.8 Å². The summed E-state index contributed by atoms with van der Waals surface area (Å²) in [5.74, 6) is 4.70. The SMILES string of the molecule is CC(=O)SCC#Cc1cc(F)ccc1[N+](=O)[O-]. The van der Waals surface area contributed by atoms with Crippen LogP contribution in [0.5, 0.6) is 0 Å². The highest BCUT2D eigenvalue weighted by Gasteiger charge is 2.12. The molecular formula is C11H8FNO3S. The highest BCUT2D eigenvalue weighted by atomic mass is 32.2. The quantitative estimate of drug-likeness (QED) is 0.461. The minimum absolute atomic E-state index is 0.0131. The van der Waals surface area contributed by atoms with Gasteiger partial charge in [-0.1, -0.05) is 23.6 Å². The average Bonchev–Trinajstić information content (AvgIpc) is 2.23. The standard InChI is InChI=1S/C11H8FNO3S/c1-8(14)17-6-2-3-9-7-10(12)4-5-11(9)13(15)16/h4-5,7H,6H2,1H3. The van der Waals surface area contributed by atoms with E-state index in [0.29, 0.717) is 0 Å². The van der Waals surface area contributed by atoms with Crippen LogP contribution in [-0.4, -0.2) is 15.8 Å². The summed E-state index contributed by atoms with van der Waals surface area (Å²) in [6.07, 6.45) is 0. The van der Waals surface area contributed by atoms with Crippen molar-refractivity contribution in [3.8, 4) is 11.8 Å². The van der Waals surface area contributed by atoms with Gasteiger partial charge in [-0.25, -0.2) is 4.39 Å². The van der Waals surface area contributed by atoms with E-state index in [1.54, 1.807) is 0 Å². The molecule has 0 spiro atoms. The summed E-state index contributed by atoms with van der Waals surface area (Å²) in [6.45, 7) is 1.40. The molecule has 1 rings (SSSR count). The molecule has 0 saturated heterocycles. The van der Waals surface area contributed by atoms with Crippen LogP contribution < -0.4 is 0 Å². The van der Waals surface area contributed by atoms with E-state index in [4.69, 9.17) is 0 Å². The Labute approximate surface area is 101 Å². The van der Waals surface area contributed by atoms with Gasteiger partial charge in [0.25, 0.3) is 5.69 Å². The van der Waals surface area contributed by atoms with Crippen LogP contribution in [0.1, 0.15) is 12.5 Å². The maximum Gasteiger partial charge on any atom is 0.285 e. The van der Waals surface area contributed by atoms with Gasteiger partial charge < -0.3 is 0 Å². The molecule has 0 bridgehead atoms. The molecule has 0 saturated carbocycles. The number of nitrogens with zero attached hydrogens (tertiary/aromatic N) is 1. The predicted molar refractivity (Wildman–Crippen MR) is 63.1 cm³/mol. The fourth-order valence-corrected chi connectivity index (χ4v) is 1.38. The molecule has 0 aromatic heterocycles. The highest BCUT2D eigenvalue weighted by molar-refractivity contribution is 8.13. The van der Waals surface area contributed by atoms with Gasteiger partial charge in [0, 0.05) is 13.0 Å². The molecule has 4 nitrogen and oxygen atoms in total. The number of benzene rings is 1. The Morgan fingerprint density at radius 1 is 1.59 bits per heavy atom. The summed E-state index contributed by atoms with van der Waals surface area (Å²) in [5, 5.41) is 10.5. The molecule has 0 radical (unpaired) electrons. The molecule has 0 heterocycles. The molecule has 17 heavy (non-hydrogen) atoms. The Morgan fingerprint density at radius 3 is 2.88 bits per heavy atom. The largest absolute Gasteiger partial charge is 0.288 e. The van der Waals surface area contributed by atoms with Gasteiger partial charge in [0.05, 0.1) is 10.7 Å². The zero-order chi connectivity index (χ0) is 12.8. The number of carbonyl (C=O) groups is 1. The lowest BCUT2D eigenvalue weighted by molar-refractivity contribution is -0.385. The first-order valence-corrected chi connectivity index (χ1v) is 5.55. The first-order valence-electron chi connectivity index (χ1n) is 4.57. The van der Waals surface area contributed by atoms with Crippen LogP contribution in [0.15, 0.2) is 18.2 Å². The Hall–Kier alpha value is -1.87. The molecule has 1 aromatic rings. The lowest BCUT2D eigenvalue weighted by Gasteiger charge is -1.95. The molecule has 0 fully saturated rings. The van der Waals surface area contributed by atoms with E-state index in [9.17, 15) is 19.3 Å². The number of rotatable bonds is 2. The molecule has 0 N–H and O–H groups in total. The van der Waals surface area contributed by atoms with E-state index >= 15 is 0 Å². The van der Waals surface area contributed by atoms with Gasteiger partial charge in [0.2, 0.25) is 0 Å². The molecule has 0 atom stereocenters. The van der Waals surface area contributed by atoms with Crippen molar-refractivity contribution in [1.29, 1.82) is 0 Å². The summed E-state index contributed by atoms with van der Waals surface area (Å²) in [6, 6.07) is 3.08. The van der Waals surface area contributed by atoms with Crippen molar-refractivity contribution in [3.63, 3.8) is 0 Å². The average molecular weight is 253 g/mol. The second-order valence-corrected chi connectivity index (χ2v) is 4.15. The van der Waals surface area contributed by atoms with Crippen LogP contribution in [0.25, 0.3) is 0 Å². The molecule has 1 aromatic carbocycles. The molecule has 0 aliphatic heterocycles. The Balaban J connectivity index is 2.92. The van der Waals surface area contributed by atoms with Gasteiger partial charge in [-0.05, 0) is 12.1 Å². The van der Waals surface area contributed by atoms with Crippen molar-refractivity contribution in [2.24, 2.45) is 0 Å². The van der Waals surface area contributed by atoms with Crippen molar-refractivity contribution in [3.05, 3.63) is 39.7 Å². The number of thioether (sulfide) groups is 1. The van der Waals surface area contributed by atoms with Crippen LogP contribution in [0, 0.1) is 27.8 Å². The molecule has 0 unspecified atom stereocenters. The third kappa shape index (κ3) is 4.25.